The summed E-state index contributed by atoms with van der Waals surface area (Å²) >= 11 is 5.77. The Hall–Kier alpha value is -0.530. The van der Waals surface area contributed by atoms with E-state index in [2.05, 4.69) is 19.1 Å². The van der Waals surface area contributed by atoms with Crippen LogP contribution in [0.2, 0.25) is 5.02 Å². The molecule has 0 saturated heterocycles. The second kappa shape index (κ2) is 4.48. The lowest BCUT2D eigenvalue weighted by Gasteiger charge is -2.09. The van der Waals surface area contributed by atoms with E-state index in [-0.39, 0.29) is 0 Å². The van der Waals surface area contributed by atoms with Crippen molar-refractivity contribution < 1.29 is 0 Å². The molecule has 2 heteroatoms. The molecular formula is C10H14ClN. The normalized spacial score (nSPS) is 12.9. The van der Waals surface area contributed by atoms with Crippen molar-refractivity contribution in [2.24, 2.45) is 5.73 Å². The molecule has 0 saturated carbocycles. The van der Waals surface area contributed by atoms with Gasteiger partial charge >= 0.3 is 0 Å². The van der Waals surface area contributed by atoms with Crippen LogP contribution in [0, 0.1) is 0 Å². The first-order valence-electron chi connectivity index (χ1n) is 4.19. The highest BCUT2D eigenvalue weighted by Gasteiger charge is 2.02. The fourth-order valence-corrected chi connectivity index (χ4v) is 1.33. The minimum atomic E-state index is 0.535. The summed E-state index contributed by atoms with van der Waals surface area (Å²) in [5.41, 5.74) is 6.78. The summed E-state index contributed by atoms with van der Waals surface area (Å²) in [4.78, 5) is 0. The molecule has 0 aliphatic rings. The molecular weight excluding hydrogens is 170 g/mol. The number of benzene rings is 1. The van der Waals surface area contributed by atoms with Crippen LogP contribution in [0.4, 0.5) is 0 Å². The van der Waals surface area contributed by atoms with Crippen molar-refractivity contribution >= 4 is 11.6 Å². The van der Waals surface area contributed by atoms with Crippen molar-refractivity contribution in [2.45, 2.75) is 19.3 Å². The molecule has 66 valence electrons. The van der Waals surface area contributed by atoms with Crippen LogP contribution >= 0.6 is 11.6 Å². The molecule has 0 aliphatic heterocycles. The van der Waals surface area contributed by atoms with Gasteiger partial charge in [-0.1, -0.05) is 30.7 Å². The number of hydrogen-bond acceptors (Lipinski definition) is 1. The van der Waals surface area contributed by atoms with Crippen molar-refractivity contribution in [3.05, 3.63) is 34.9 Å². The van der Waals surface area contributed by atoms with Crippen LogP contribution < -0.4 is 5.73 Å². The second-order valence-electron chi connectivity index (χ2n) is 3.03. The Morgan fingerprint density at radius 2 is 1.92 bits per heavy atom. The van der Waals surface area contributed by atoms with Gasteiger partial charge in [0.05, 0.1) is 0 Å². The van der Waals surface area contributed by atoms with E-state index in [9.17, 15) is 0 Å². The van der Waals surface area contributed by atoms with Crippen molar-refractivity contribution in [1.29, 1.82) is 0 Å². The molecule has 1 aromatic rings. The minimum Gasteiger partial charge on any atom is -0.330 e. The third kappa shape index (κ3) is 2.50. The first kappa shape index (κ1) is 9.56. The molecule has 0 bridgehead atoms. The monoisotopic (exact) mass is 183 g/mol. The van der Waals surface area contributed by atoms with Crippen LogP contribution in [0.25, 0.3) is 0 Å². The number of nitrogens with two attached hydrogens (primary N) is 1. The molecule has 0 radical (unpaired) electrons. The minimum absolute atomic E-state index is 0.535. The molecule has 0 heterocycles. The molecule has 0 spiro atoms. The van der Waals surface area contributed by atoms with E-state index < -0.39 is 0 Å². The van der Waals surface area contributed by atoms with Crippen LogP contribution in [0.15, 0.2) is 24.3 Å². The van der Waals surface area contributed by atoms with Crippen molar-refractivity contribution in [2.75, 3.05) is 6.54 Å². The number of hydrogen-bond donors (Lipinski definition) is 1. The van der Waals surface area contributed by atoms with Crippen molar-refractivity contribution in [3.63, 3.8) is 0 Å². The van der Waals surface area contributed by atoms with Crippen LogP contribution in [-0.2, 0) is 0 Å². The maximum atomic E-state index is 5.77. The van der Waals surface area contributed by atoms with E-state index in [0.717, 1.165) is 18.0 Å². The van der Waals surface area contributed by atoms with E-state index in [1.807, 2.05) is 12.1 Å². The van der Waals surface area contributed by atoms with Gasteiger partial charge in [-0.3, -0.25) is 0 Å². The maximum absolute atomic E-state index is 5.77. The van der Waals surface area contributed by atoms with Crippen LogP contribution in [0.1, 0.15) is 24.8 Å². The largest absolute Gasteiger partial charge is 0.330 e. The molecule has 1 rings (SSSR count). The van der Waals surface area contributed by atoms with Gasteiger partial charge in [0.2, 0.25) is 0 Å². The average molecular weight is 184 g/mol. The zero-order valence-electron chi connectivity index (χ0n) is 7.26. The second-order valence-corrected chi connectivity index (χ2v) is 3.47. The molecule has 12 heavy (non-hydrogen) atoms. The first-order chi connectivity index (χ1) is 5.74. The summed E-state index contributed by atoms with van der Waals surface area (Å²) in [7, 11) is 0. The fourth-order valence-electron chi connectivity index (χ4n) is 1.21. The van der Waals surface area contributed by atoms with Crippen molar-refractivity contribution in [3.8, 4) is 0 Å². The smallest absolute Gasteiger partial charge is 0.0406 e. The van der Waals surface area contributed by atoms with Gasteiger partial charge in [0.15, 0.2) is 0 Å². The lowest BCUT2D eigenvalue weighted by Crippen LogP contribution is -2.04. The summed E-state index contributed by atoms with van der Waals surface area (Å²) in [6, 6.07) is 7.96. The molecule has 1 nitrogen and oxygen atoms in total. The van der Waals surface area contributed by atoms with Gasteiger partial charge in [-0.25, -0.2) is 0 Å². The predicted molar refractivity (Wildman–Crippen MR) is 53.5 cm³/mol. The van der Waals surface area contributed by atoms with Crippen LogP contribution in [0.3, 0.4) is 0 Å². The SMILES string of the molecule is C[C@@H](CCN)c1ccc(Cl)cc1. The third-order valence-electron chi connectivity index (χ3n) is 2.04. The Balaban J connectivity index is 2.68. The summed E-state index contributed by atoms with van der Waals surface area (Å²) in [5.74, 6) is 0.535. The maximum Gasteiger partial charge on any atom is 0.0406 e. The number of halogens is 1. The summed E-state index contributed by atoms with van der Waals surface area (Å²) < 4.78 is 0. The van der Waals surface area contributed by atoms with Gasteiger partial charge in [0.1, 0.15) is 0 Å². The predicted octanol–water partition coefficient (Wildman–Crippen LogP) is 2.79. The topological polar surface area (TPSA) is 26.0 Å². The summed E-state index contributed by atoms with van der Waals surface area (Å²) in [6.45, 7) is 2.92. The van der Waals surface area contributed by atoms with Gasteiger partial charge in [-0.2, -0.15) is 0 Å². The Bertz CT molecular complexity index is 230. The quantitative estimate of drug-likeness (QED) is 0.767. The molecule has 0 aromatic heterocycles. The Morgan fingerprint density at radius 3 is 2.42 bits per heavy atom. The van der Waals surface area contributed by atoms with Crippen LogP contribution in [0.5, 0.6) is 0 Å². The van der Waals surface area contributed by atoms with Gasteiger partial charge in [-0.15, -0.1) is 0 Å². The van der Waals surface area contributed by atoms with Gasteiger partial charge in [-0.05, 0) is 36.6 Å². The highest BCUT2D eigenvalue weighted by atomic mass is 35.5. The highest BCUT2D eigenvalue weighted by molar-refractivity contribution is 6.30. The highest BCUT2D eigenvalue weighted by Crippen LogP contribution is 2.19. The lowest BCUT2D eigenvalue weighted by atomic mass is 9.98. The molecule has 1 atom stereocenters. The number of rotatable bonds is 3. The molecule has 0 amide bonds. The molecule has 0 aliphatic carbocycles. The van der Waals surface area contributed by atoms with E-state index in [0.29, 0.717) is 5.92 Å². The van der Waals surface area contributed by atoms with E-state index in [4.69, 9.17) is 17.3 Å². The Labute approximate surface area is 78.5 Å². The van der Waals surface area contributed by atoms with E-state index in [1.165, 1.54) is 5.56 Å². The molecule has 1 aromatic carbocycles. The van der Waals surface area contributed by atoms with Crippen LogP contribution in [-0.4, -0.2) is 6.54 Å². The molecule has 0 unspecified atom stereocenters. The lowest BCUT2D eigenvalue weighted by molar-refractivity contribution is 0.690. The molecule has 2 N–H and O–H groups in total. The third-order valence-corrected chi connectivity index (χ3v) is 2.29. The van der Waals surface area contributed by atoms with Gasteiger partial charge < -0.3 is 5.73 Å². The van der Waals surface area contributed by atoms with E-state index >= 15 is 0 Å². The average Bonchev–Trinajstić information content (AvgIpc) is 2.06. The Kier molecular flexibility index (Phi) is 3.57. The fraction of sp³-hybridized carbons (Fsp3) is 0.400. The zero-order valence-corrected chi connectivity index (χ0v) is 8.01. The molecule has 0 fully saturated rings. The Morgan fingerprint density at radius 1 is 1.33 bits per heavy atom. The summed E-state index contributed by atoms with van der Waals surface area (Å²) in [5, 5.41) is 0.790. The zero-order chi connectivity index (χ0) is 8.97. The van der Waals surface area contributed by atoms with Gasteiger partial charge in [0, 0.05) is 5.02 Å². The van der Waals surface area contributed by atoms with Gasteiger partial charge in [0.25, 0.3) is 0 Å². The van der Waals surface area contributed by atoms with E-state index in [1.54, 1.807) is 0 Å². The van der Waals surface area contributed by atoms with Crippen molar-refractivity contribution in [1.82, 2.24) is 0 Å². The standard InChI is InChI=1S/C10H14ClN/c1-8(6-7-12)9-2-4-10(11)5-3-9/h2-5,8H,6-7,12H2,1H3/t8-/m0/s1. The first-order valence-corrected chi connectivity index (χ1v) is 4.57. The summed E-state index contributed by atoms with van der Waals surface area (Å²) in [6.07, 6.45) is 1.03.